The first-order valence-electron chi connectivity index (χ1n) is 6.92. The number of rotatable bonds is 4. The van der Waals surface area contributed by atoms with Crippen molar-refractivity contribution in [1.29, 1.82) is 0 Å². The highest BCUT2D eigenvalue weighted by Gasteiger charge is 2.33. The molecule has 0 heterocycles. The molecular formula is C15H20F3NO3S. The van der Waals surface area contributed by atoms with Gasteiger partial charge in [0, 0.05) is 5.54 Å². The van der Waals surface area contributed by atoms with Gasteiger partial charge in [-0.1, -0.05) is 18.2 Å². The summed E-state index contributed by atoms with van der Waals surface area (Å²) in [6.07, 6.45) is -4.55. The lowest BCUT2D eigenvalue weighted by molar-refractivity contribution is -0.137. The van der Waals surface area contributed by atoms with Gasteiger partial charge in [0.25, 0.3) is 0 Å². The van der Waals surface area contributed by atoms with Crippen molar-refractivity contribution in [2.24, 2.45) is 0 Å². The summed E-state index contributed by atoms with van der Waals surface area (Å²) in [6, 6.07) is 4.09. The second kappa shape index (κ2) is 6.51. The number of carbonyl (C=O) groups is 1. The third kappa shape index (κ3) is 5.85. The van der Waals surface area contributed by atoms with Crippen LogP contribution in [-0.2, 0) is 26.6 Å². The normalized spacial score (nSPS) is 14.4. The van der Waals surface area contributed by atoms with Crippen LogP contribution in [0.1, 0.15) is 38.8 Å². The van der Waals surface area contributed by atoms with Crippen LogP contribution < -0.4 is 5.32 Å². The number of hydrogen-bond acceptors (Lipinski definition) is 3. The molecular weight excluding hydrogens is 331 g/mol. The van der Waals surface area contributed by atoms with Gasteiger partial charge in [0.2, 0.25) is 5.91 Å². The molecule has 0 spiro atoms. The van der Waals surface area contributed by atoms with E-state index in [0.29, 0.717) is 0 Å². The van der Waals surface area contributed by atoms with Gasteiger partial charge in [0.1, 0.15) is 5.25 Å². The first-order chi connectivity index (χ1) is 10.2. The first-order valence-corrected chi connectivity index (χ1v) is 8.64. The molecule has 0 radical (unpaired) electrons. The lowest BCUT2D eigenvalue weighted by atomic mass is 10.1. The van der Waals surface area contributed by atoms with Gasteiger partial charge >= 0.3 is 6.18 Å². The fourth-order valence-electron chi connectivity index (χ4n) is 1.83. The molecule has 0 bridgehead atoms. The number of nitrogens with one attached hydrogen (secondary N) is 1. The van der Waals surface area contributed by atoms with Crippen molar-refractivity contribution in [2.75, 3.05) is 0 Å². The van der Waals surface area contributed by atoms with Crippen molar-refractivity contribution in [3.63, 3.8) is 0 Å². The third-order valence-electron chi connectivity index (χ3n) is 3.03. The molecule has 1 aromatic rings. The average molecular weight is 351 g/mol. The standard InChI is InChI=1S/C15H20F3NO3S/c1-10(13(20)19-14(2,3)4)23(21,22)9-11-6-5-7-12(8-11)15(16,17)18/h5-8,10H,9H2,1-4H3,(H,19,20). The molecule has 8 heteroatoms. The fourth-order valence-corrected chi connectivity index (χ4v) is 3.11. The van der Waals surface area contributed by atoms with Crippen LogP contribution in [0.15, 0.2) is 24.3 Å². The number of alkyl halides is 3. The average Bonchev–Trinajstić information content (AvgIpc) is 2.34. The maximum atomic E-state index is 12.7. The molecule has 130 valence electrons. The number of carbonyl (C=O) groups excluding carboxylic acids is 1. The smallest absolute Gasteiger partial charge is 0.350 e. The van der Waals surface area contributed by atoms with Crippen LogP contribution in [0.25, 0.3) is 0 Å². The fraction of sp³-hybridized carbons (Fsp3) is 0.533. The molecule has 0 fully saturated rings. The minimum atomic E-state index is -4.55. The molecule has 1 amide bonds. The maximum absolute atomic E-state index is 12.7. The SMILES string of the molecule is CC(C(=O)NC(C)(C)C)S(=O)(=O)Cc1cccc(C(F)(F)F)c1. The lowest BCUT2D eigenvalue weighted by Crippen LogP contribution is -2.47. The zero-order chi connectivity index (χ0) is 18.1. The lowest BCUT2D eigenvalue weighted by Gasteiger charge is -2.23. The van der Waals surface area contributed by atoms with E-state index in [1.165, 1.54) is 13.0 Å². The second-order valence-corrected chi connectivity index (χ2v) is 8.71. The topological polar surface area (TPSA) is 63.2 Å². The van der Waals surface area contributed by atoms with E-state index in [-0.39, 0.29) is 5.56 Å². The molecule has 4 nitrogen and oxygen atoms in total. The maximum Gasteiger partial charge on any atom is 0.416 e. The molecule has 0 aliphatic heterocycles. The van der Waals surface area contributed by atoms with Crippen LogP contribution >= 0.6 is 0 Å². The number of benzene rings is 1. The van der Waals surface area contributed by atoms with Gasteiger partial charge in [-0.3, -0.25) is 4.79 Å². The first kappa shape index (κ1) is 19.5. The van der Waals surface area contributed by atoms with Crippen LogP contribution in [-0.4, -0.2) is 25.1 Å². The molecule has 23 heavy (non-hydrogen) atoms. The summed E-state index contributed by atoms with van der Waals surface area (Å²) in [5, 5.41) is 1.20. The van der Waals surface area contributed by atoms with E-state index in [4.69, 9.17) is 0 Å². The summed E-state index contributed by atoms with van der Waals surface area (Å²) >= 11 is 0. The van der Waals surface area contributed by atoms with Crippen molar-refractivity contribution >= 4 is 15.7 Å². The number of sulfone groups is 1. The molecule has 0 saturated heterocycles. The highest BCUT2D eigenvalue weighted by molar-refractivity contribution is 7.92. The molecule has 1 unspecified atom stereocenters. The van der Waals surface area contributed by atoms with E-state index in [1.54, 1.807) is 20.8 Å². The second-order valence-electron chi connectivity index (χ2n) is 6.39. The predicted molar refractivity (Wildman–Crippen MR) is 81.4 cm³/mol. The minimum Gasteiger partial charge on any atom is -0.350 e. The zero-order valence-corrected chi connectivity index (χ0v) is 14.2. The van der Waals surface area contributed by atoms with Crippen molar-refractivity contribution in [3.8, 4) is 0 Å². The van der Waals surface area contributed by atoms with Gasteiger partial charge in [-0.2, -0.15) is 13.2 Å². The number of amides is 1. The van der Waals surface area contributed by atoms with E-state index >= 15 is 0 Å². The minimum absolute atomic E-state index is 0.00441. The van der Waals surface area contributed by atoms with E-state index in [0.717, 1.165) is 18.2 Å². The quantitative estimate of drug-likeness (QED) is 0.907. The molecule has 0 aliphatic rings. The highest BCUT2D eigenvalue weighted by atomic mass is 32.2. The number of halogens is 3. The van der Waals surface area contributed by atoms with Crippen molar-refractivity contribution in [3.05, 3.63) is 35.4 Å². The van der Waals surface area contributed by atoms with E-state index in [2.05, 4.69) is 5.32 Å². The number of hydrogen-bond donors (Lipinski definition) is 1. The summed E-state index contributed by atoms with van der Waals surface area (Å²) in [4.78, 5) is 12.0. The van der Waals surface area contributed by atoms with Crippen LogP contribution in [0.2, 0.25) is 0 Å². The Morgan fingerprint density at radius 2 is 1.78 bits per heavy atom. The summed E-state index contributed by atoms with van der Waals surface area (Å²) in [6.45, 7) is 6.34. The summed E-state index contributed by atoms with van der Waals surface area (Å²) in [5.41, 5.74) is -1.52. The van der Waals surface area contributed by atoms with Gasteiger partial charge in [-0.05, 0) is 39.3 Å². The van der Waals surface area contributed by atoms with E-state index in [1.807, 2.05) is 0 Å². The van der Waals surface area contributed by atoms with Gasteiger partial charge in [-0.15, -0.1) is 0 Å². The molecule has 1 aromatic carbocycles. The van der Waals surface area contributed by atoms with Gasteiger partial charge in [0.15, 0.2) is 9.84 Å². The van der Waals surface area contributed by atoms with E-state index < -0.39 is 44.0 Å². The summed E-state index contributed by atoms with van der Waals surface area (Å²) < 4.78 is 62.5. The van der Waals surface area contributed by atoms with Crippen molar-refractivity contribution in [1.82, 2.24) is 5.32 Å². The van der Waals surface area contributed by atoms with E-state index in [9.17, 15) is 26.4 Å². The Labute approximate surface area is 134 Å². The Morgan fingerprint density at radius 1 is 1.22 bits per heavy atom. The van der Waals surface area contributed by atoms with Gasteiger partial charge in [0.05, 0.1) is 11.3 Å². The Bertz CT molecular complexity index is 676. The monoisotopic (exact) mass is 351 g/mol. The Kier molecular flexibility index (Phi) is 5.51. The largest absolute Gasteiger partial charge is 0.416 e. The highest BCUT2D eigenvalue weighted by Crippen LogP contribution is 2.30. The molecule has 1 atom stereocenters. The molecule has 1 N–H and O–H groups in total. The van der Waals surface area contributed by atoms with Gasteiger partial charge in [-0.25, -0.2) is 8.42 Å². The molecule has 0 aliphatic carbocycles. The van der Waals surface area contributed by atoms with Crippen LogP contribution in [0.4, 0.5) is 13.2 Å². The third-order valence-corrected chi connectivity index (χ3v) is 5.06. The van der Waals surface area contributed by atoms with Gasteiger partial charge < -0.3 is 5.32 Å². The molecule has 0 aromatic heterocycles. The van der Waals surface area contributed by atoms with Crippen molar-refractivity contribution in [2.45, 2.75) is 50.4 Å². The van der Waals surface area contributed by atoms with Crippen LogP contribution in [0.3, 0.4) is 0 Å². The van der Waals surface area contributed by atoms with Crippen molar-refractivity contribution < 1.29 is 26.4 Å². The Balaban J connectivity index is 2.97. The molecule has 1 rings (SSSR count). The van der Waals surface area contributed by atoms with Crippen LogP contribution in [0.5, 0.6) is 0 Å². The predicted octanol–water partition coefficient (Wildman–Crippen LogP) is 2.92. The summed E-state index contributed by atoms with van der Waals surface area (Å²) in [7, 11) is -3.93. The Hall–Kier alpha value is -1.57. The zero-order valence-electron chi connectivity index (χ0n) is 13.4. The molecule has 0 saturated carbocycles. The Morgan fingerprint density at radius 3 is 2.26 bits per heavy atom. The summed E-state index contributed by atoms with van der Waals surface area (Å²) in [5.74, 6) is -1.31. The van der Waals surface area contributed by atoms with Crippen LogP contribution in [0, 0.1) is 0 Å².